The van der Waals surface area contributed by atoms with Gasteiger partial charge in [0, 0.05) is 18.8 Å². The second kappa shape index (κ2) is 4.98. The standard InChI is InChI=1S/C12H15FN2OS/c1-16-8-5-7(6-8)15-10-4-2-3-9(13)11(10)12(14)17/h2-4,7-8,15H,5-6H2,1H3,(H2,14,17). The van der Waals surface area contributed by atoms with Crippen LogP contribution in [0.1, 0.15) is 18.4 Å². The van der Waals surface area contributed by atoms with Crippen molar-refractivity contribution in [3.05, 3.63) is 29.6 Å². The van der Waals surface area contributed by atoms with Crippen LogP contribution in [-0.4, -0.2) is 24.2 Å². The molecule has 0 amide bonds. The molecule has 1 saturated carbocycles. The molecule has 0 bridgehead atoms. The predicted molar refractivity (Wildman–Crippen MR) is 69.7 cm³/mol. The third-order valence-electron chi connectivity index (χ3n) is 3.05. The van der Waals surface area contributed by atoms with Gasteiger partial charge in [0.05, 0.1) is 11.7 Å². The Balaban J connectivity index is 2.11. The third-order valence-corrected chi connectivity index (χ3v) is 3.25. The third kappa shape index (κ3) is 2.56. The minimum Gasteiger partial charge on any atom is -0.389 e. The smallest absolute Gasteiger partial charge is 0.135 e. The predicted octanol–water partition coefficient (Wildman–Crippen LogP) is 2.05. The summed E-state index contributed by atoms with van der Waals surface area (Å²) in [7, 11) is 1.70. The van der Waals surface area contributed by atoms with E-state index in [1.807, 2.05) is 0 Å². The lowest BCUT2D eigenvalue weighted by atomic mass is 9.89. The van der Waals surface area contributed by atoms with Crippen molar-refractivity contribution >= 4 is 22.9 Å². The SMILES string of the molecule is COC1CC(Nc2cccc(F)c2C(N)=S)C1. The molecule has 2 rings (SSSR count). The Labute approximate surface area is 105 Å². The quantitative estimate of drug-likeness (QED) is 0.807. The van der Waals surface area contributed by atoms with E-state index in [2.05, 4.69) is 5.32 Å². The molecule has 0 aliphatic heterocycles. The first-order chi connectivity index (χ1) is 8.11. The highest BCUT2D eigenvalue weighted by Crippen LogP contribution is 2.28. The summed E-state index contributed by atoms with van der Waals surface area (Å²) in [4.78, 5) is 0.0771. The lowest BCUT2D eigenvalue weighted by molar-refractivity contribution is 0.0328. The number of rotatable bonds is 4. The van der Waals surface area contributed by atoms with Crippen LogP contribution in [0.5, 0.6) is 0 Å². The maximum atomic E-state index is 13.6. The molecular weight excluding hydrogens is 239 g/mol. The number of benzene rings is 1. The van der Waals surface area contributed by atoms with Gasteiger partial charge in [0.1, 0.15) is 10.8 Å². The molecule has 0 unspecified atom stereocenters. The summed E-state index contributed by atoms with van der Waals surface area (Å²) < 4.78 is 18.8. The van der Waals surface area contributed by atoms with Crippen molar-refractivity contribution in [3.63, 3.8) is 0 Å². The van der Waals surface area contributed by atoms with Crippen LogP contribution < -0.4 is 11.1 Å². The van der Waals surface area contributed by atoms with Crippen LogP contribution in [0.2, 0.25) is 0 Å². The molecule has 1 aliphatic rings. The number of thiocarbonyl (C=S) groups is 1. The molecule has 0 radical (unpaired) electrons. The van der Waals surface area contributed by atoms with E-state index in [1.54, 1.807) is 19.2 Å². The van der Waals surface area contributed by atoms with Gasteiger partial charge in [-0.1, -0.05) is 18.3 Å². The highest BCUT2D eigenvalue weighted by molar-refractivity contribution is 7.80. The molecule has 0 spiro atoms. The fraction of sp³-hybridized carbons (Fsp3) is 0.417. The second-order valence-corrected chi connectivity index (χ2v) is 4.64. The number of methoxy groups -OCH3 is 1. The Kier molecular flexibility index (Phi) is 3.59. The zero-order valence-corrected chi connectivity index (χ0v) is 10.4. The van der Waals surface area contributed by atoms with Gasteiger partial charge in [-0.2, -0.15) is 0 Å². The molecule has 5 heteroatoms. The normalized spacial score (nSPS) is 22.9. The first-order valence-electron chi connectivity index (χ1n) is 5.49. The largest absolute Gasteiger partial charge is 0.389 e. The van der Waals surface area contributed by atoms with Crippen molar-refractivity contribution in [2.45, 2.75) is 25.0 Å². The molecule has 1 aliphatic carbocycles. The van der Waals surface area contributed by atoms with Gasteiger partial charge in [-0.3, -0.25) is 0 Å². The minimum atomic E-state index is -0.384. The molecule has 3 nitrogen and oxygen atoms in total. The molecule has 17 heavy (non-hydrogen) atoms. The molecule has 1 fully saturated rings. The average molecular weight is 254 g/mol. The molecule has 0 saturated heterocycles. The van der Waals surface area contributed by atoms with Crippen LogP contribution in [0.15, 0.2) is 18.2 Å². The van der Waals surface area contributed by atoms with E-state index >= 15 is 0 Å². The number of ether oxygens (including phenoxy) is 1. The van der Waals surface area contributed by atoms with Crippen LogP contribution in [0.25, 0.3) is 0 Å². The van der Waals surface area contributed by atoms with Crippen LogP contribution in [0.3, 0.4) is 0 Å². The molecule has 0 heterocycles. The van der Waals surface area contributed by atoms with E-state index in [0.29, 0.717) is 23.4 Å². The van der Waals surface area contributed by atoms with Gasteiger partial charge in [-0.15, -0.1) is 0 Å². The summed E-state index contributed by atoms with van der Waals surface area (Å²) >= 11 is 4.86. The summed E-state index contributed by atoms with van der Waals surface area (Å²) in [6.45, 7) is 0. The molecule has 1 aromatic carbocycles. The van der Waals surface area contributed by atoms with Crippen molar-refractivity contribution in [2.24, 2.45) is 5.73 Å². The summed E-state index contributed by atoms with van der Waals surface area (Å²) in [5.74, 6) is -0.384. The van der Waals surface area contributed by atoms with Gasteiger partial charge < -0.3 is 15.8 Å². The van der Waals surface area contributed by atoms with Crippen LogP contribution in [0, 0.1) is 5.82 Å². The monoisotopic (exact) mass is 254 g/mol. The summed E-state index contributed by atoms with van der Waals surface area (Å²) in [5.41, 5.74) is 6.49. The van der Waals surface area contributed by atoms with Crippen LogP contribution >= 0.6 is 12.2 Å². The van der Waals surface area contributed by atoms with Crippen molar-refractivity contribution in [3.8, 4) is 0 Å². The Hall–Kier alpha value is -1.20. The molecule has 3 N–H and O–H groups in total. The number of nitrogens with two attached hydrogens (primary N) is 1. The molecule has 0 atom stereocenters. The number of anilines is 1. The zero-order chi connectivity index (χ0) is 12.4. The highest BCUT2D eigenvalue weighted by Gasteiger charge is 2.29. The maximum Gasteiger partial charge on any atom is 0.135 e. The van der Waals surface area contributed by atoms with Gasteiger partial charge in [0.25, 0.3) is 0 Å². The zero-order valence-electron chi connectivity index (χ0n) is 9.57. The number of nitrogens with one attached hydrogen (secondary N) is 1. The Bertz CT molecular complexity index is 433. The van der Waals surface area contributed by atoms with Crippen LogP contribution in [-0.2, 0) is 4.74 Å². The lowest BCUT2D eigenvalue weighted by Gasteiger charge is -2.35. The number of hydrogen-bond acceptors (Lipinski definition) is 3. The van der Waals surface area contributed by atoms with E-state index in [4.69, 9.17) is 22.7 Å². The van der Waals surface area contributed by atoms with Gasteiger partial charge in [0.2, 0.25) is 0 Å². The Morgan fingerprint density at radius 1 is 1.53 bits per heavy atom. The summed E-state index contributed by atoms with van der Waals surface area (Å²) in [5, 5.41) is 3.25. The van der Waals surface area contributed by atoms with E-state index in [-0.39, 0.29) is 10.8 Å². The number of hydrogen-bond donors (Lipinski definition) is 2. The van der Waals surface area contributed by atoms with Crippen molar-refractivity contribution < 1.29 is 9.13 Å². The first kappa shape index (κ1) is 12.3. The van der Waals surface area contributed by atoms with Crippen LogP contribution in [0.4, 0.5) is 10.1 Å². The van der Waals surface area contributed by atoms with Gasteiger partial charge in [-0.05, 0) is 25.0 Å². The maximum absolute atomic E-state index is 13.6. The summed E-state index contributed by atoms with van der Waals surface area (Å²) in [6.07, 6.45) is 2.14. The molecule has 1 aromatic rings. The second-order valence-electron chi connectivity index (χ2n) is 4.20. The Morgan fingerprint density at radius 3 is 2.82 bits per heavy atom. The fourth-order valence-corrected chi connectivity index (χ4v) is 2.20. The average Bonchev–Trinajstić information content (AvgIpc) is 2.22. The van der Waals surface area contributed by atoms with Gasteiger partial charge in [0.15, 0.2) is 0 Å². The lowest BCUT2D eigenvalue weighted by Crippen LogP contribution is -2.40. The molecular formula is C12H15FN2OS. The summed E-state index contributed by atoms with van der Waals surface area (Å²) in [6, 6.07) is 5.09. The minimum absolute atomic E-state index is 0.0771. The topological polar surface area (TPSA) is 47.3 Å². The van der Waals surface area contributed by atoms with Crippen molar-refractivity contribution in [2.75, 3.05) is 12.4 Å². The van der Waals surface area contributed by atoms with Crippen molar-refractivity contribution in [1.82, 2.24) is 0 Å². The highest BCUT2D eigenvalue weighted by atomic mass is 32.1. The van der Waals surface area contributed by atoms with E-state index in [1.165, 1.54) is 6.07 Å². The van der Waals surface area contributed by atoms with E-state index < -0.39 is 0 Å². The van der Waals surface area contributed by atoms with Crippen molar-refractivity contribution in [1.29, 1.82) is 0 Å². The van der Waals surface area contributed by atoms with Gasteiger partial charge >= 0.3 is 0 Å². The molecule has 0 aromatic heterocycles. The number of halogens is 1. The van der Waals surface area contributed by atoms with E-state index in [9.17, 15) is 4.39 Å². The fourth-order valence-electron chi connectivity index (χ4n) is 1.99. The van der Waals surface area contributed by atoms with E-state index in [0.717, 1.165) is 12.8 Å². The first-order valence-corrected chi connectivity index (χ1v) is 5.90. The van der Waals surface area contributed by atoms with Gasteiger partial charge in [-0.25, -0.2) is 4.39 Å². The Morgan fingerprint density at radius 2 is 2.24 bits per heavy atom. The molecule has 92 valence electrons.